The van der Waals surface area contributed by atoms with Gasteiger partial charge >= 0.3 is 5.97 Å². The molecule has 0 radical (unpaired) electrons. The molecule has 0 saturated carbocycles. The van der Waals surface area contributed by atoms with E-state index in [9.17, 15) is 4.79 Å². The van der Waals surface area contributed by atoms with Gasteiger partial charge in [0.05, 0.1) is 11.4 Å². The van der Waals surface area contributed by atoms with Crippen molar-refractivity contribution in [2.75, 3.05) is 6.61 Å². The molecular formula is C11H12Br2O2. The largest absolute Gasteiger partial charge is 0.465 e. The molecule has 1 aromatic carbocycles. The Morgan fingerprint density at radius 1 is 1.33 bits per heavy atom. The van der Waals surface area contributed by atoms with Crippen molar-refractivity contribution in [3.63, 3.8) is 0 Å². The molecule has 1 aromatic rings. The van der Waals surface area contributed by atoms with Crippen LogP contribution in [0, 0.1) is 0 Å². The van der Waals surface area contributed by atoms with Crippen LogP contribution < -0.4 is 0 Å². The second-order valence-electron chi connectivity index (χ2n) is 2.97. The van der Waals surface area contributed by atoms with Gasteiger partial charge in [0.15, 0.2) is 0 Å². The summed E-state index contributed by atoms with van der Waals surface area (Å²) in [6.07, 6.45) is 0. The first kappa shape index (κ1) is 12.7. The number of hydrogen-bond donors (Lipinski definition) is 0. The fraction of sp³-hybridized carbons (Fsp3) is 0.364. The van der Waals surface area contributed by atoms with Crippen molar-refractivity contribution in [1.82, 2.24) is 0 Å². The molecule has 0 unspecified atom stereocenters. The van der Waals surface area contributed by atoms with Gasteiger partial charge in [-0.1, -0.05) is 62.2 Å². The average Bonchev–Trinajstić information content (AvgIpc) is 2.28. The number of alkyl halides is 2. The van der Waals surface area contributed by atoms with E-state index in [-0.39, 0.29) is 15.6 Å². The summed E-state index contributed by atoms with van der Waals surface area (Å²) in [4.78, 5) is 11.0. The first-order chi connectivity index (χ1) is 7.16. The summed E-state index contributed by atoms with van der Waals surface area (Å²) in [5.74, 6) is -0.247. The fourth-order valence-corrected chi connectivity index (χ4v) is 2.11. The highest BCUT2D eigenvalue weighted by molar-refractivity contribution is 9.12. The zero-order valence-electron chi connectivity index (χ0n) is 8.32. The van der Waals surface area contributed by atoms with E-state index in [0.29, 0.717) is 6.61 Å². The number of carbonyl (C=O) groups is 1. The summed E-state index contributed by atoms with van der Waals surface area (Å²) in [6, 6.07) is 9.75. The first-order valence-corrected chi connectivity index (χ1v) is 6.49. The summed E-state index contributed by atoms with van der Waals surface area (Å²) < 4.78 is 4.93. The van der Waals surface area contributed by atoms with Crippen LogP contribution in [0.15, 0.2) is 30.3 Å². The summed E-state index contributed by atoms with van der Waals surface area (Å²) >= 11 is 6.80. The Bertz CT molecular complexity index is 314. The number of carbonyl (C=O) groups excluding carboxylic acids is 1. The smallest absolute Gasteiger partial charge is 0.321 e. The van der Waals surface area contributed by atoms with Gasteiger partial charge in [-0.2, -0.15) is 0 Å². The molecule has 0 bridgehead atoms. The molecular weight excluding hydrogens is 324 g/mol. The van der Waals surface area contributed by atoms with Gasteiger partial charge in [0.2, 0.25) is 0 Å². The molecule has 0 aliphatic carbocycles. The summed E-state index contributed by atoms with van der Waals surface area (Å²) in [6.45, 7) is 2.19. The number of rotatable bonds is 4. The van der Waals surface area contributed by atoms with Crippen LogP contribution in [0.5, 0.6) is 0 Å². The topological polar surface area (TPSA) is 26.3 Å². The second-order valence-corrected chi connectivity index (χ2v) is 4.94. The number of halogens is 2. The predicted molar refractivity (Wildman–Crippen MR) is 67.5 cm³/mol. The zero-order chi connectivity index (χ0) is 11.3. The Morgan fingerprint density at radius 2 is 1.93 bits per heavy atom. The lowest BCUT2D eigenvalue weighted by atomic mass is 10.1. The van der Waals surface area contributed by atoms with Gasteiger partial charge in [0, 0.05) is 0 Å². The third kappa shape index (κ3) is 3.61. The van der Waals surface area contributed by atoms with E-state index >= 15 is 0 Å². The van der Waals surface area contributed by atoms with E-state index in [1.165, 1.54) is 0 Å². The second kappa shape index (κ2) is 6.28. The summed E-state index contributed by atoms with van der Waals surface area (Å²) in [5.41, 5.74) is 1.05. The maximum atomic E-state index is 11.5. The van der Waals surface area contributed by atoms with E-state index in [1.54, 1.807) is 6.92 Å². The van der Waals surface area contributed by atoms with E-state index < -0.39 is 0 Å². The van der Waals surface area contributed by atoms with E-state index in [4.69, 9.17) is 4.74 Å². The van der Waals surface area contributed by atoms with E-state index in [0.717, 1.165) is 5.56 Å². The molecule has 15 heavy (non-hydrogen) atoms. The molecule has 4 heteroatoms. The van der Waals surface area contributed by atoms with Gasteiger partial charge in [-0.05, 0) is 12.5 Å². The first-order valence-electron chi connectivity index (χ1n) is 4.66. The van der Waals surface area contributed by atoms with Crippen molar-refractivity contribution < 1.29 is 9.53 Å². The van der Waals surface area contributed by atoms with Gasteiger partial charge in [-0.3, -0.25) is 4.79 Å². The molecule has 82 valence electrons. The molecule has 2 atom stereocenters. The zero-order valence-corrected chi connectivity index (χ0v) is 11.5. The molecule has 0 aliphatic rings. The molecule has 2 nitrogen and oxygen atoms in total. The summed E-state index contributed by atoms with van der Waals surface area (Å²) in [5, 5.41) is 0. The number of hydrogen-bond acceptors (Lipinski definition) is 2. The fourth-order valence-electron chi connectivity index (χ4n) is 1.15. The van der Waals surface area contributed by atoms with E-state index in [2.05, 4.69) is 31.9 Å². The van der Waals surface area contributed by atoms with Crippen molar-refractivity contribution in [1.29, 1.82) is 0 Å². The lowest BCUT2D eigenvalue weighted by Crippen LogP contribution is -2.21. The Labute approximate surface area is 106 Å². The van der Waals surface area contributed by atoms with E-state index in [1.807, 2.05) is 30.3 Å². The average molecular weight is 336 g/mol. The Hall–Kier alpha value is -0.350. The molecule has 0 N–H and O–H groups in total. The van der Waals surface area contributed by atoms with Crippen LogP contribution in [0.3, 0.4) is 0 Å². The standard InChI is InChI=1S/C11H12Br2O2/c1-2-15-11(14)10(13)9(12)8-6-4-3-5-7-8/h3-7,9-10H,2H2,1H3/t9-,10-/m1/s1. The lowest BCUT2D eigenvalue weighted by Gasteiger charge is -2.15. The van der Waals surface area contributed by atoms with Crippen molar-refractivity contribution in [2.45, 2.75) is 16.6 Å². The minimum Gasteiger partial charge on any atom is -0.465 e. The highest BCUT2D eigenvalue weighted by Gasteiger charge is 2.25. The van der Waals surface area contributed by atoms with Gasteiger partial charge in [0.25, 0.3) is 0 Å². The van der Waals surface area contributed by atoms with Crippen LogP contribution in [0.1, 0.15) is 17.3 Å². The Morgan fingerprint density at radius 3 is 2.47 bits per heavy atom. The van der Waals surface area contributed by atoms with Gasteiger partial charge in [-0.25, -0.2) is 0 Å². The quantitative estimate of drug-likeness (QED) is 0.622. The Balaban J connectivity index is 2.68. The molecule has 0 spiro atoms. The van der Waals surface area contributed by atoms with Crippen LogP contribution in [-0.2, 0) is 9.53 Å². The summed E-state index contributed by atoms with van der Waals surface area (Å²) in [7, 11) is 0. The molecule has 0 saturated heterocycles. The number of ether oxygens (including phenoxy) is 1. The maximum Gasteiger partial charge on any atom is 0.321 e. The van der Waals surface area contributed by atoms with Crippen LogP contribution >= 0.6 is 31.9 Å². The molecule has 0 fully saturated rings. The minimum atomic E-state index is -0.361. The number of esters is 1. The lowest BCUT2D eigenvalue weighted by molar-refractivity contribution is -0.142. The third-order valence-corrected chi connectivity index (χ3v) is 4.56. The maximum absolute atomic E-state index is 11.5. The van der Waals surface area contributed by atoms with Gasteiger partial charge in [-0.15, -0.1) is 0 Å². The van der Waals surface area contributed by atoms with Crippen molar-refractivity contribution in [3.05, 3.63) is 35.9 Å². The SMILES string of the molecule is CCOC(=O)[C@H](Br)[C@H](Br)c1ccccc1. The van der Waals surface area contributed by atoms with Crippen molar-refractivity contribution in [2.24, 2.45) is 0 Å². The molecule has 0 aliphatic heterocycles. The van der Waals surface area contributed by atoms with Crippen LogP contribution in [0.4, 0.5) is 0 Å². The minimum absolute atomic E-state index is 0.0715. The normalized spacial score (nSPS) is 14.3. The highest BCUT2D eigenvalue weighted by atomic mass is 79.9. The molecule has 0 aromatic heterocycles. The van der Waals surface area contributed by atoms with Crippen molar-refractivity contribution >= 4 is 37.8 Å². The highest BCUT2D eigenvalue weighted by Crippen LogP contribution is 2.31. The van der Waals surface area contributed by atoms with Gasteiger partial charge in [0.1, 0.15) is 4.83 Å². The molecule has 0 heterocycles. The predicted octanol–water partition coefficient (Wildman–Crippen LogP) is 3.45. The third-order valence-electron chi connectivity index (χ3n) is 1.89. The Kier molecular flexibility index (Phi) is 5.32. The molecule has 1 rings (SSSR count). The van der Waals surface area contributed by atoms with Crippen LogP contribution in [0.25, 0.3) is 0 Å². The van der Waals surface area contributed by atoms with Crippen molar-refractivity contribution in [3.8, 4) is 0 Å². The van der Waals surface area contributed by atoms with Gasteiger partial charge < -0.3 is 4.74 Å². The monoisotopic (exact) mass is 334 g/mol. The number of benzene rings is 1. The molecule has 0 amide bonds. The van der Waals surface area contributed by atoms with Crippen LogP contribution in [-0.4, -0.2) is 17.4 Å². The van der Waals surface area contributed by atoms with Crippen LogP contribution in [0.2, 0.25) is 0 Å².